The van der Waals surface area contributed by atoms with E-state index in [-0.39, 0.29) is 11.1 Å². The van der Waals surface area contributed by atoms with Crippen LogP contribution in [0.25, 0.3) is 28.4 Å². The van der Waals surface area contributed by atoms with E-state index < -0.39 is 205 Å². The largest absolute Gasteiger partial charge is 0.508 e. The predicted octanol–water partition coefficient (Wildman–Crippen LogP) is -3.72. The van der Waals surface area contributed by atoms with E-state index in [1.165, 1.54) is 13.0 Å². The topological polar surface area (TPSA) is 454 Å². The summed E-state index contributed by atoms with van der Waals surface area (Å²) >= 11 is 0. The van der Waals surface area contributed by atoms with Gasteiger partial charge in [0.1, 0.15) is 95.7 Å². The van der Waals surface area contributed by atoms with Gasteiger partial charge < -0.3 is 129 Å². The van der Waals surface area contributed by atoms with Gasteiger partial charge >= 0.3 is 5.97 Å². The van der Waals surface area contributed by atoms with E-state index in [0.29, 0.717) is 0 Å². The fourth-order valence-corrected chi connectivity index (χ4v) is 8.59. The van der Waals surface area contributed by atoms with Crippen molar-refractivity contribution in [3.8, 4) is 51.6 Å². The summed E-state index contributed by atoms with van der Waals surface area (Å²) in [7, 11) is 0. The summed E-state index contributed by atoms with van der Waals surface area (Å²) < 4.78 is 58.3. The third-order valence-electron chi connectivity index (χ3n) is 12.8. The van der Waals surface area contributed by atoms with Crippen LogP contribution in [0.4, 0.5) is 0 Å². The van der Waals surface area contributed by atoms with Gasteiger partial charge in [0.05, 0.1) is 25.9 Å². The number of ether oxygens (including phenoxy) is 9. The van der Waals surface area contributed by atoms with Gasteiger partial charge in [-0.15, -0.1) is 0 Å². The number of fused-ring (bicyclic) bond motifs is 1. The number of hydrogen-bond donors (Lipinski definition) is 16. The molecule has 0 radical (unpaired) electrons. The standard InChI is InChI=1S/C47H54O28/c1-15-30(57)40(73-44-37(64)31(58)24(55)13-66-44)43(72-28(56)7-3-16-2-5-19(50)21(52)8-16)46(68-15)67-14-27-33(60)36(63)42(75-45-38(65)35(62)32(59)26(12-48)70-45)47(71-27)74-41-34(61)29-23(54)10-18(49)11-25(29)69-39(41)17-4-6-20(51)22(53)9-17/h2-11,15,24,26-27,30-33,35-38,40,42-55,57-60,62-65H,12-14H2,1H3/t15-,24-,26+,27+,30-,31+,32+,33+,35-,36-,37-,38+,40+,42+,43+,44+,45-,46+,47-/m0/s1. The number of phenols is 6. The second-order valence-electron chi connectivity index (χ2n) is 17.9. The van der Waals surface area contributed by atoms with E-state index in [9.17, 15) is 91.3 Å². The number of aliphatic hydroxyl groups is 10. The average molecular weight is 1070 g/mol. The summed E-state index contributed by atoms with van der Waals surface area (Å²) in [5.41, 5.74) is -1.64. The molecule has 0 aliphatic carbocycles. The maximum absolute atomic E-state index is 14.4. The molecule has 410 valence electrons. The van der Waals surface area contributed by atoms with Gasteiger partial charge in [-0.1, -0.05) is 6.07 Å². The highest BCUT2D eigenvalue weighted by molar-refractivity contribution is 5.89. The van der Waals surface area contributed by atoms with Crippen LogP contribution in [0, 0.1) is 0 Å². The van der Waals surface area contributed by atoms with E-state index in [1.54, 1.807) is 0 Å². The summed E-state index contributed by atoms with van der Waals surface area (Å²) in [5.74, 6) is -6.39. The number of hydrogen-bond acceptors (Lipinski definition) is 28. The minimum atomic E-state index is -2.27. The first kappa shape index (κ1) is 55.2. The van der Waals surface area contributed by atoms with Crippen LogP contribution >= 0.6 is 0 Å². The van der Waals surface area contributed by atoms with Crippen LogP contribution in [0.1, 0.15) is 12.5 Å². The first-order chi connectivity index (χ1) is 35.6. The van der Waals surface area contributed by atoms with Crippen LogP contribution in [-0.4, -0.2) is 224 Å². The van der Waals surface area contributed by atoms with Crippen molar-refractivity contribution in [1.82, 2.24) is 0 Å². The van der Waals surface area contributed by atoms with Crippen molar-refractivity contribution >= 4 is 23.0 Å². The van der Waals surface area contributed by atoms with Gasteiger partial charge in [0.15, 0.2) is 59.8 Å². The van der Waals surface area contributed by atoms with E-state index in [2.05, 4.69) is 0 Å². The average Bonchev–Trinajstić information content (AvgIpc) is 3.37. The lowest BCUT2D eigenvalue weighted by Crippen LogP contribution is -2.66. The smallest absolute Gasteiger partial charge is 0.331 e. The highest BCUT2D eigenvalue weighted by Crippen LogP contribution is 2.41. The molecule has 28 heteroatoms. The number of carbonyl (C=O) groups is 1. The summed E-state index contributed by atoms with van der Waals surface area (Å²) in [4.78, 5) is 27.9. The van der Waals surface area contributed by atoms with Crippen LogP contribution in [-0.2, 0) is 42.7 Å². The van der Waals surface area contributed by atoms with Gasteiger partial charge in [0.2, 0.25) is 17.5 Å². The van der Waals surface area contributed by atoms with Gasteiger partial charge in [0.25, 0.3) is 0 Å². The molecule has 16 N–H and O–H groups in total. The molecule has 4 aliphatic rings. The molecule has 5 heterocycles. The Morgan fingerprint density at radius 2 is 1.29 bits per heavy atom. The number of esters is 1. The Bertz CT molecular complexity index is 2750. The highest BCUT2D eigenvalue weighted by Gasteiger charge is 2.54. The van der Waals surface area contributed by atoms with Crippen LogP contribution in [0.2, 0.25) is 0 Å². The number of aromatic hydroxyl groups is 6. The van der Waals surface area contributed by atoms with Crippen molar-refractivity contribution in [1.29, 1.82) is 0 Å². The molecule has 75 heavy (non-hydrogen) atoms. The zero-order chi connectivity index (χ0) is 54.3. The zero-order valence-corrected chi connectivity index (χ0v) is 38.9. The minimum absolute atomic E-state index is 0.194. The summed E-state index contributed by atoms with van der Waals surface area (Å²) in [6.45, 7) is -1.10. The van der Waals surface area contributed by atoms with Crippen molar-refractivity contribution in [3.05, 3.63) is 70.4 Å². The van der Waals surface area contributed by atoms with Crippen molar-refractivity contribution < 1.29 is 134 Å². The van der Waals surface area contributed by atoms with Gasteiger partial charge in [-0.25, -0.2) is 4.79 Å². The molecule has 0 unspecified atom stereocenters. The molecule has 4 aromatic rings. The monoisotopic (exact) mass is 1070 g/mol. The maximum Gasteiger partial charge on any atom is 0.331 e. The third-order valence-corrected chi connectivity index (χ3v) is 12.8. The molecule has 0 amide bonds. The number of phenolic OH excluding ortho intramolecular Hbond substituents is 6. The molecule has 0 spiro atoms. The molecule has 1 aromatic heterocycles. The van der Waals surface area contributed by atoms with Crippen LogP contribution in [0.5, 0.6) is 40.2 Å². The van der Waals surface area contributed by atoms with Crippen LogP contribution < -0.4 is 10.2 Å². The molecule has 4 fully saturated rings. The van der Waals surface area contributed by atoms with E-state index >= 15 is 0 Å². The van der Waals surface area contributed by atoms with Gasteiger partial charge in [-0.3, -0.25) is 4.79 Å². The molecule has 0 bridgehead atoms. The molecule has 0 saturated carbocycles. The van der Waals surface area contributed by atoms with E-state index in [1.807, 2.05) is 0 Å². The van der Waals surface area contributed by atoms with Crippen molar-refractivity contribution in [3.63, 3.8) is 0 Å². The van der Waals surface area contributed by atoms with Crippen molar-refractivity contribution in [2.24, 2.45) is 0 Å². The van der Waals surface area contributed by atoms with Crippen molar-refractivity contribution in [2.75, 3.05) is 19.8 Å². The predicted molar refractivity (Wildman–Crippen MR) is 242 cm³/mol. The zero-order valence-electron chi connectivity index (χ0n) is 38.9. The fraction of sp³-hybridized carbons (Fsp3) is 0.489. The molecular weight excluding hydrogens is 1010 g/mol. The van der Waals surface area contributed by atoms with Gasteiger partial charge in [-0.05, 0) is 48.9 Å². The Hall–Kier alpha value is -6.00. The molecular formula is C47H54O28. The molecule has 4 aliphatic heterocycles. The second-order valence-corrected chi connectivity index (χ2v) is 17.9. The first-order valence-electron chi connectivity index (χ1n) is 22.9. The highest BCUT2D eigenvalue weighted by atomic mass is 16.8. The normalized spacial score (nSPS) is 35.4. The lowest BCUT2D eigenvalue weighted by molar-refractivity contribution is -0.366. The minimum Gasteiger partial charge on any atom is -0.508 e. The van der Waals surface area contributed by atoms with Crippen molar-refractivity contribution in [2.45, 2.75) is 124 Å². The Morgan fingerprint density at radius 1 is 0.640 bits per heavy atom. The summed E-state index contributed by atoms with van der Waals surface area (Å²) in [6, 6.07) is 8.37. The molecule has 19 atom stereocenters. The van der Waals surface area contributed by atoms with Gasteiger partial charge in [0, 0.05) is 23.8 Å². The van der Waals surface area contributed by atoms with Gasteiger partial charge in [-0.2, -0.15) is 0 Å². The second kappa shape index (κ2) is 22.7. The maximum atomic E-state index is 14.4. The quantitative estimate of drug-likeness (QED) is 0.0328. The molecule has 3 aromatic carbocycles. The number of carbonyl (C=O) groups excluding carboxylic acids is 1. The Balaban J connectivity index is 1.14. The number of aliphatic hydroxyl groups excluding tert-OH is 10. The van der Waals surface area contributed by atoms with E-state index in [4.69, 9.17) is 47.0 Å². The first-order valence-corrected chi connectivity index (χ1v) is 22.9. The summed E-state index contributed by atoms with van der Waals surface area (Å²) in [5, 5.41) is 169. The number of rotatable bonds is 14. The van der Waals surface area contributed by atoms with E-state index in [0.717, 1.165) is 54.6 Å². The van der Waals surface area contributed by atoms with Crippen LogP contribution in [0.3, 0.4) is 0 Å². The Labute approximate surface area is 421 Å². The molecule has 8 rings (SSSR count). The lowest BCUT2D eigenvalue weighted by Gasteiger charge is -2.47. The molecule has 28 nitrogen and oxygen atoms in total. The SMILES string of the molecule is C[C@@H]1O[C@@H](OC[C@H]2O[C@@H](Oc3c(-c4ccc(O)c(O)c4)oc4cc(O)cc(O)c4c3=O)[C@H](O[C@@H]3O[C@H](CO)[C@@H](O)[C@H](O)[C@H]3O)[C@@H](O)[C@@H]2O)[C@H](OC(=O)C=Cc2ccc(O)c(O)c2)[C@H](O[C@H]2OC[C@H](O)[C@@H](O)[C@@H]2O)[C@H]1O. The number of benzene rings is 3. The third kappa shape index (κ3) is 11.4. The Morgan fingerprint density at radius 3 is 1.99 bits per heavy atom. The summed E-state index contributed by atoms with van der Waals surface area (Å²) in [6.07, 6.45) is -33.9. The molecule has 4 saturated heterocycles. The van der Waals surface area contributed by atoms with Crippen LogP contribution in [0.15, 0.2) is 63.8 Å². The fourth-order valence-electron chi connectivity index (χ4n) is 8.59. The Kier molecular flexibility index (Phi) is 16.7. The lowest BCUT2D eigenvalue weighted by atomic mass is 9.97.